The van der Waals surface area contributed by atoms with Crippen LogP contribution in [0.1, 0.15) is 23.4 Å². The van der Waals surface area contributed by atoms with Gasteiger partial charge in [0, 0.05) is 12.5 Å². The van der Waals surface area contributed by atoms with Gasteiger partial charge in [0.25, 0.3) is 5.91 Å². The third-order valence-electron chi connectivity index (χ3n) is 5.69. The minimum absolute atomic E-state index is 0.338. The zero-order valence-electron chi connectivity index (χ0n) is 16.7. The fourth-order valence-electron chi connectivity index (χ4n) is 4.26. The number of para-hydroxylation sites is 1. The summed E-state index contributed by atoms with van der Waals surface area (Å²) in [5, 5.41) is 9.45. The molecule has 1 spiro atoms. The maximum Gasteiger partial charge on any atom is 0.325 e. The van der Waals surface area contributed by atoms with Crippen LogP contribution in [0.3, 0.4) is 0 Å². The second kappa shape index (κ2) is 7.05. The van der Waals surface area contributed by atoms with Gasteiger partial charge in [-0.1, -0.05) is 41.6 Å². The Morgan fingerprint density at radius 3 is 2.77 bits per heavy atom. The van der Waals surface area contributed by atoms with E-state index < -0.39 is 29.9 Å². The van der Waals surface area contributed by atoms with Gasteiger partial charge in [-0.25, -0.2) is 4.79 Å². The average Bonchev–Trinajstić information content (AvgIpc) is 3.42. The highest BCUT2D eigenvalue weighted by Gasteiger charge is 2.55. The van der Waals surface area contributed by atoms with Crippen LogP contribution in [0.15, 0.2) is 53.1 Å². The summed E-state index contributed by atoms with van der Waals surface area (Å²) in [7, 11) is 0. The summed E-state index contributed by atoms with van der Waals surface area (Å²) in [5.74, 6) is -0.165. The van der Waals surface area contributed by atoms with Crippen molar-refractivity contribution < 1.29 is 18.9 Å². The molecule has 0 radical (unpaired) electrons. The number of carbonyl (C=O) groups is 3. The highest BCUT2D eigenvalue weighted by Crippen LogP contribution is 2.41. The summed E-state index contributed by atoms with van der Waals surface area (Å²) in [6, 6.07) is 14.0. The van der Waals surface area contributed by atoms with E-state index in [2.05, 4.69) is 20.8 Å². The number of aromatic nitrogens is 2. The van der Waals surface area contributed by atoms with Gasteiger partial charge in [0.05, 0.1) is 5.69 Å². The third kappa shape index (κ3) is 3.05. The first-order valence-corrected chi connectivity index (χ1v) is 9.90. The SMILES string of the molecule is Cc1nc(-c2ccccc2NC(=O)CN2C(=O)NC3(CCc4ccccc43)C2=O)no1. The van der Waals surface area contributed by atoms with E-state index in [4.69, 9.17) is 4.52 Å². The molecule has 156 valence electrons. The Labute approximate surface area is 177 Å². The van der Waals surface area contributed by atoms with E-state index in [-0.39, 0.29) is 0 Å². The maximum atomic E-state index is 13.2. The summed E-state index contributed by atoms with van der Waals surface area (Å²) < 4.78 is 5.02. The summed E-state index contributed by atoms with van der Waals surface area (Å²) in [6.45, 7) is 1.28. The minimum atomic E-state index is -1.09. The lowest BCUT2D eigenvalue weighted by molar-refractivity contribution is -0.134. The number of benzene rings is 2. The number of imide groups is 1. The highest BCUT2D eigenvalue weighted by atomic mass is 16.5. The number of aryl methyl sites for hydroxylation is 2. The van der Waals surface area contributed by atoms with E-state index in [0.717, 1.165) is 16.0 Å². The van der Waals surface area contributed by atoms with E-state index in [0.29, 0.717) is 35.8 Å². The van der Waals surface area contributed by atoms with Gasteiger partial charge in [0.1, 0.15) is 12.1 Å². The first kappa shape index (κ1) is 19.0. The lowest BCUT2D eigenvalue weighted by Gasteiger charge is -2.22. The van der Waals surface area contributed by atoms with Crippen molar-refractivity contribution in [2.45, 2.75) is 25.3 Å². The van der Waals surface area contributed by atoms with Crippen molar-refractivity contribution in [3.05, 3.63) is 65.5 Å². The zero-order valence-corrected chi connectivity index (χ0v) is 16.7. The zero-order chi connectivity index (χ0) is 21.6. The van der Waals surface area contributed by atoms with Crippen LogP contribution in [0.2, 0.25) is 0 Å². The van der Waals surface area contributed by atoms with Crippen molar-refractivity contribution in [3.63, 3.8) is 0 Å². The first-order chi connectivity index (χ1) is 15.0. The molecular formula is C22H19N5O4. The molecule has 1 aromatic heterocycles. The van der Waals surface area contributed by atoms with Crippen molar-refractivity contribution in [2.75, 3.05) is 11.9 Å². The maximum absolute atomic E-state index is 13.2. The van der Waals surface area contributed by atoms with Crippen LogP contribution in [-0.2, 0) is 21.5 Å². The molecule has 31 heavy (non-hydrogen) atoms. The fourth-order valence-corrected chi connectivity index (χ4v) is 4.26. The Kier molecular flexibility index (Phi) is 4.32. The molecule has 2 N–H and O–H groups in total. The number of anilines is 1. The molecule has 2 aromatic carbocycles. The van der Waals surface area contributed by atoms with Crippen LogP contribution in [0, 0.1) is 6.92 Å². The quantitative estimate of drug-likeness (QED) is 0.630. The van der Waals surface area contributed by atoms with E-state index in [9.17, 15) is 14.4 Å². The minimum Gasteiger partial charge on any atom is -0.339 e. The van der Waals surface area contributed by atoms with Crippen molar-refractivity contribution >= 4 is 23.5 Å². The van der Waals surface area contributed by atoms with Crippen LogP contribution >= 0.6 is 0 Å². The predicted octanol–water partition coefficient (Wildman–Crippen LogP) is 2.38. The molecule has 9 heteroatoms. The molecule has 2 heterocycles. The fraction of sp³-hybridized carbons (Fsp3) is 0.227. The van der Waals surface area contributed by atoms with Gasteiger partial charge in [-0.05, 0) is 36.1 Å². The lowest BCUT2D eigenvalue weighted by Crippen LogP contribution is -2.43. The Morgan fingerprint density at radius 2 is 1.97 bits per heavy atom. The van der Waals surface area contributed by atoms with Crippen molar-refractivity contribution in [1.82, 2.24) is 20.4 Å². The van der Waals surface area contributed by atoms with Crippen molar-refractivity contribution in [3.8, 4) is 11.4 Å². The molecule has 0 saturated carbocycles. The topological polar surface area (TPSA) is 117 Å². The number of hydrogen-bond acceptors (Lipinski definition) is 6. The number of nitrogens with zero attached hydrogens (tertiary/aromatic N) is 3. The Bertz CT molecular complexity index is 1220. The molecule has 3 aromatic rings. The number of nitrogens with one attached hydrogen (secondary N) is 2. The molecule has 1 fully saturated rings. The highest BCUT2D eigenvalue weighted by molar-refractivity contribution is 6.11. The molecule has 2 aliphatic rings. The van der Waals surface area contributed by atoms with E-state index in [1.54, 1.807) is 31.2 Å². The smallest absolute Gasteiger partial charge is 0.325 e. The summed E-state index contributed by atoms with van der Waals surface area (Å²) in [5.41, 5.74) is 1.78. The van der Waals surface area contributed by atoms with Gasteiger partial charge < -0.3 is 15.2 Å². The normalized spacial score (nSPS) is 19.6. The molecule has 4 amide bonds. The van der Waals surface area contributed by atoms with Crippen LogP contribution < -0.4 is 10.6 Å². The molecule has 1 saturated heterocycles. The average molecular weight is 417 g/mol. The van der Waals surface area contributed by atoms with Crippen LogP contribution in [-0.4, -0.2) is 39.4 Å². The first-order valence-electron chi connectivity index (χ1n) is 9.90. The molecule has 9 nitrogen and oxygen atoms in total. The van der Waals surface area contributed by atoms with Crippen LogP contribution in [0.25, 0.3) is 11.4 Å². The number of amides is 4. The van der Waals surface area contributed by atoms with Gasteiger partial charge in [0.2, 0.25) is 17.6 Å². The molecule has 1 unspecified atom stereocenters. The number of fused-ring (bicyclic) bond motifs is 2. The van der Waals surface area contributed by atoms with Gasteiger partial charge in [-0.3, -0.25) is 14.5 Å². The van der Waals surface area contributed by atoms with Gasteiger partial charge in [-0.2, -0.15) is 4.98 Å². The van der Waals surface area contributed by atoms with Crippen LogP contribution in [0.5, 0.6) is 0 Å². The molecule has 0 bridgehead atoms. The number of carbonyl (C=O) groups excluding carboxylic acids is 3. The van der Waals surface area contributed by atoms with Gasteiger partial charge >= 0.3 is 6.03 Å². The van der Waals surface area contributed by atoms with Crippen molar-refractivity contribution in [2.24, 2.45) is 0 Å². The van der Waals surface area contributed by atoms with E-state index in [1.807, 2.05) is 24.3 Å². The number of rotatable bonds is 4. The molecule has 1 atom stereocenters. The van der Waals surface area contributed by atoms with E-state index >= 15 is 0 Å². The predicted molar refractivity (Wildman–Crippen MR) is 110 cm³/mol. The standard InChI is InChI=1S/C22H19N5O4/c1-13-23-19(26-31-13)15-7-3-5-9-17(15)24-18(28)12-27-20(29)22(25-21(27)30)11-10-14-6-2-4-8-16(14)22/h2-9H,10-12H2,1H3,(H,24,28)(H,25,30). The van der Waals surface area contributed by atoms with Gasteiger partial charge in [0.15, 0.2) is 0 Å². The van der Waals surface area contributed by atoms with Crippen molar-refractivity contribution in [1.29, 1.82) is 0 Å². The number of hydrogen-bond donors (Lipinski definition) is 2. The monoisotopic (exact) mass is 417 g/mol. The number of urea groups is 1. The largest absolute Gasteiger partial charge is 0.339 e. The second-order valence-electron chi connectivity index (χ2n) is 7.61. The third-order valence-corrected chi connectivity index (χ3v) is 5.69. The molecule has 1 aliphatic heterocycles. The Morgan fingerprint density at radius 1 is 1.19 bits per heavy atom. The molecular weight excluding hydrogens is 398 g/mol. The van der Waals surface area contributed by atoms with Crippen LogP contribution in [0.4, 0.5) is 10.5 Å². The Balaban J connectivity index is 1.36. The second-order valence-corrected chi connectivity index (χ2v) is 7.61. The summed E-state index contributed by atoms with van der Waals surface area (Å²) >= 11 is 0. The summed E-state index contributed by atoms with van der Waals surface area (Å²) in [6.07, 6.45) is 1.18. The van der Waals surface area contributed by atoms with E-state index in [1.165, 1.54) is 0 Å². The molecule has 5 rings (SSSR count). The van der Waals surface area contributed by atoms with Gasteiger partial charge in [-0.15, -0.1) is 0 Å². The summed E-state index contributed by atoms with van der Waals surface area (Å²) in [4.78, 5) is 43.7. The Hall–Kier alpha value is -4.01. The molecule has 1 aliphatic carbocycles. The lowest BCUT2D eigenvalue weighted by atomic mass is 9.92.